The van der Waals surface area contributed by atoms with Crippen molar-refractivity contribution in [1.29, 1.82) is 0 Å². The Labute approximate surface area is 107 Å². The van der Waals surface area contributed by atoms with Crippen molar-refractivity contribution >= 4 is 11.7 Å². The molecule has 0 radical (unpaired) electrons. The molecule has 0 bridgehead atoms. The van der Waals surface area contributed by atoms with Gasteiger partial charge in [-0.2, -0.15) is 0 Å². The quantitative estimate of drug-likeness (QED) is 0.456. The predicted molar refractivity (Wildman–Crippen MR) is 68.8 cm³/mol. The van der Waals surface area contributed by atoms with E-state index in [1.807, 2.05) is 0 Å². The highest BCUT2D eigenvalue weighted by Gasteiger charge is 2.09. The lowest BCUT2D eigenvalue weighted by molar-refractivity contribution is 0.0526. The van der Waals surface area contributed by atoms with Gasteiger partial charge in [-0.1, -0.05) is 0 Å². The summed E-state index contributed by atoms with van der Waals surface area (Å²) in [4.78, 5) is 11.5. The molecule has 0 aliphatic heterocycles. The molecule has 1 aromatic carbocycles. The maximum atomic E-state index is 11.5. The van der Waals surface area contributed by atoms with E-state index in [-0.39, 0.29) is 5.97 Å². The molecule has 1 rings (SSSR count). The Kier molecular flexibility index (Phi) is 6.00. The number of rotatable bonds is 7. The Morgan fingerprint density at radius 3 is 2.72 bits per heavy atom. The van der Waals surface area contributed by atoms with Crippen LogP contribution in [0.4, 0.5) is 5.69 Å². The molecule has 0 aliphatic rings. The number of esters is 1. The SMILES string of the molecule is CCOC(=O)c1ccc(OCCCOC)c(N)c1. The molecule has 0 unspecified atom stereocenters. The van der Waals surface area contributed by atoms with Crippen molar-refractivity contribution in [2.24, 2.45) is 0 Å². The number of hydrogen-bond donors (Lipinski definition) is 1. The lowest BCUT2D eigenvalue weighted by atomic mass is 10.2. The summed E-state index contributed by atoms with van der Waals surface area (Å²) < 4.78 is 15.3. The number of ether oxygens (including phenoxy) is 3. The highest BCUT2D eigenvalue weighted by atomic mass is 16.5. The molecule has 5 nitrogen and oxygen atoms in total. The minimum Gasteiger partial charge on any atom is -0.491 e. The summed E-state index contributed by atoms with van der Waals surface area (Å²) >= 11 is 0. The van der Waals surface area contributed by atoms with Crippen molar-refractivity contribution in [1.82, 2.24) is 0 Å². The minimum atomic E-state index is -0.380. The zero-order valence-corrected chi connectivity index (χ0v) is 10.8. The average molecular weight is 253 g/mol. The van der Waals surface area contributed by atoms with Crippen LogP contribution in [0.15, 0.2) is 18.2 Å². The van der Waals surface area contributed by atoms with Crippen molar-refractivity contribution in [3.8, 4) is 5.75 Å². The molecule has 5 heteroatoms. The van der Waals surface area contributed by atoms with E-state index in [2.05, 4.69) is 0 Å². The molecule has 18 heavy (non-hydrogen) atoms. The molecule has 0 aromatic heterocycles. The van der Waals surface area contributed by atoms with Gasteiger partial charge in [0.2, 0.25) is 0 Å². The Hall–Kier alpha value is -1.75. The van der Waals surface area contributed by atoms with Gasteiger partial charge in [0.1, 0.15) is 5.75 Å². The van der Waals surface area contributed by atoms with Crippen LogP contribution in [-0.2, 0) is 9.47 Å². The topological polar surface area (TPSA) is 70.8 Å². The van der Waals surface area contributed by atoms with Crippen molar-refractivity contribution in [2.45, 2.75) is 13.3 Å². The second-order valence-electron chi connectivity index (χ2n) is 3.67. The second kappa shape index (κ2) is 7.55. The van der Waals surface area contributed by atoms with E-state index in [4.69, 9.17) is 19.9 Å². The Morgan fingerprint density at radius 2 is 2.11 bits per heavy atom. The molecule has 0 atom stereocenters. The molecule has 0 saturated carbocycles. The number of methoxy groups -OCH3 is 1. The van der Waals surface area contributed by atoms with Crippen molar-refractivity contribution in [2.75, 3.05) is 32.7 Å². The van der Waals surface area contributed by atoms with Crippen LogP contribution in [0.5, 0.6) is 5.75 Å². The smallest absolute Gasteiger partial charge is 0.338 e. The van der Waals surface area contributed by atoms with Gasteiger partial charge >= 0.3 is 5.97 Å². The highest BCUT2D eigenvalue weighted by molar-refractivity contribution is 5.91. The largest absolute Gasteiger partial charge is 0.491 e. The third kappa shape index (κ3) is 4.25. The monoisotopic (exact) mass is 253 g/mol. The van der Waals surface area contributed by atoms with Gasteiger partial charge in [-0.25, -0.2) is 4.79 Å². The first kappa shape index (κ1) is 14.3. The molecule has 0 fully saturated rings. The number of benzene rings is 1. The lowest BCUT2D eigenvalue weighted by Crippen LogP contribution is -2.07. The van der Waals surface area contributed by atoms with Crippen molar-refractivity contribution in [3.05, 3.63) is 23.8 Å². The zero-order valence-electron chi connectivity index (χ0n) is 10.8. The molecular weight excluding hydrogens is 234 g/mol. The highest BCUT2D eigenvalue weighted by Crippen LogP contribution is 2.23. The average Bonchev–Trinajstić information content (AvgIpc) is 2.36. The van der Waals surface area contributed by atoms with Gasteiger partial charge in [0.05, 0.1) is 24.5 Å². The van der Waals surface area contributed by atoms with Crippen LogP contribution in [0.25, 0.3) is 0 Å². The number of anilines is 1. The summed E-state index contributed by atoms with van der Waals surface area (Å²) in [6.07, 6.45) is 0.787. The van der Waals surface area contributed by atoms with E-state index < -0.39 is 0 Å². The third-order valence-corrected chi connectivity index (χ3v) is 2.27. The van der Waals surface area contributed by atoms with E-state index in [0.717, 1.165) is 6.42 Å². The summed E-state index contributed by atoms with van der Waals surface area (Å²) in [5, 5.41) is 0. The van der Waals surface area contributed by atoms with E-state index in [1.165, 1.54) is 0 Å². The number of carbonyl (C=O) groups is 1. The van der Waals surface area contributed by atoms with Gasteiger partial charge in [-0.05, 0) is 25.1 Å². The fraction of sp³-hybridized carbons (Fsp3) is 0.462. The fourth-order valence-electron chi connectivity index (χ4n) is 1.41. The molecule has 0 saturated heterocycles. The molecule has 0 spiro atoms. The van der Waals surface area contributed by atoms with Crippen LogP contribution in [0.1, 0.15) is 23.7 Å². The molecule has 0 aliphatic carbocycles. The van der Waals surface area contributed by atoms with E-state index >= 15 is 0 Å². The van der Waals surface area contributed by atoms with E-state index in [1.54, 1.807) is 32.2 Å². The first-order valence-electron chi connectivity index (χ1n) is 5.87. The van der Waals surface area contributed by atoms with Gasteiger partial charge < -0.3 is 19.9 Å². The minimum absolute atomic E-state index is 0.341. The molecule has 1 aromatic rings. The first-order chi connectivity index (χ1) is 8.69. The summed E-state index contributed by atoms with van der Waals surface area (Å²) in [7, 11) is 1.64. The van der Waals surface area contributed by atoms with Crippen LogP contribution in [0, 0.1) is 0 Å². The van der Waals surface area contributed by atoms with Crippen molar-refractivity contribution < 1.29 is 19.0 Å². The summed E-state index contributed by atoms with van der Waals surface area (Å²) in [5.41, 5.74) is 6.66. The van der Waals surface area contributed by atoms with Crippen LogP contribution in [-0.4, -0.2) is 32.9 Å². The van der Waals surface area contributed by atoms with Gasteiger partial charge in [0.15, 0.2) is 0 Å². The Bertz CT molecular complexity index is 393. The number of nitrogen functional groups attached to an aromatic ring is 1. The summed E-state index contributed by atoms with van der Waals surface area (Å²) in [6, 6.07) is 4.87. The molecule has 2 N–H and O–H groups in total. The number of carbonyl (C=O) groups excluding carboxylic acids is 1. The summed E-state index contributed by atoms with van der Waals surface area (Å²) in [6.45, 7) is 3.26. The Balaban J connectivity index is 2.59. The molecule has 0 heterocycles. The van der Waals surface area contributed by atoms with Gasteiger partial charge in [0.25, 0.3) is 0 Å². The number of hydrogen-bond acceptors (Lipinski definition) is 5. The first-order valence-corrected chi connectivity index (χ1v) is 5.87. The maximum absolute atomic E-state index is 11.5. The maximum Gasteiger partial charge on any atom is 0.338 e. The van der Waals surface area contributed by atoms with Crippen LogP contribution < -0.4 is 10.5 Å². The van der Waals surface area contributed by atoms with Gasteiger partial charge in [-0.3, -0.25) is 0 Å². The lowest BCUT2D eigenvalue weighted by Gasteiger charge is -2.10. The fourth-order valence-corrected chi connectivity index (χ4v) is 1.41. The Morgan fingerprint density at radius 1 is 1.33 bits per heavy atom. The standard InChI is InChI=1S/C13H19NO4/c1-3-17-13(15)10-5-6-12(11(14)9-10)18-8-4-7-16-2/h5-6,9H,3-4,7-8,14H2,1-2H3. The van der Waals surface area contributed by atoms with Crippen molar-refractivity contribution in [3.63, 3.8) is 0 Å². The van der Waals surface area contributed by atoms with Crippen LogP contribution in [0.3, 0.4) is 0 Å². The zero-order chi connectivity index (χ0) is 13.4. The second-order valence-corrected chi connectivity index (χ2v) is 3.67. The van der Waals surface area contributed by atoms with Crippen LogP contribution >= 0.6 is 0 Å². The summed E-state index contributed by atoms with van der Waals surface area (Å²) in [5.74, 6) is 0.189. The predicted octanol–water partition coefficient (Wildman–Crippen LogP) is 1.86. The van der Waals surface area contributed by atoms with Gasteiger partial charge in [0, 0.05) is 20.1 Å². The third-order valence-electron chi connectivity index (χ3n) is 2.27. The number of nitrogens with two attached hydrogens (primary N) is 1. The normalized spacial score (nSPS) is 10.1. The molecule has 0 amide bonds. The van der Waals surface area contributed by atoms with Gasteiger partial charge in [-0.15, -0.1) is 0 Å². The van der Waals surface area contributed by atoms with E-state index in [9.17, 15) is 4.79 Å². The molecular formula is C13H19NO4. The van der Waals surface area contributed by atoms with E-state index in [0.29, 0.717) is 36.8 Å². The van der Waals surface area contributed by atoms with Crippen LogP contribution in [0.2, 0.25) is 0 Å². The molecule has 100 valence electrons.